The molecule has 0 unspecified atom stereocenters. The van der Waals surface area contributed by atoms with Crippen LogP contribution in [0.2, 0.25) is 0 Å². The summed E-state index contributed by atoms with van der Waals surface area (Å²) < 4.78 is 15.3. The predicted molar refractivity (Wildman–Crippen MR) is 134 cm³/mol. The quantitative estimate of drug-likeness (QED) is 0.351. The molecular weight excluding hydrogens is 465 g/mol. The number of carbonyl (C=O) groups is 2. The molecule has 178 valence electrons. The summed E-state index contributed by atoms with van der Waals surface area (Å²) in [6.45, 7) is 3.99. The van der Waals surface area contributed by atoms with Gasteiger partial charge >= 0.3 is 0 Å². The smallest absolute Gasteiger partial charge is 0.251 e. The van der Waals surface area contributed by atoms with E-state index in [1.807, 2.05) is 62.4 Å². The first-order valence-electron chi connectivity index (χ1n) is 10.9. The largest absolute Gasteiger partial charge is 0.345 e. The van der Waals surface area contributed by atoms with E-state index in [4.69, 9.17) is 0 Å². The molecule has 1 aromatic heterocycles. The Kier molecular flexibility index (Phi) is 7.57. The summed E-state index contributed by atoms with van der Waals surface area (Å²) in [4.78, 5) is 25.1. The highest BCUT2D eigenvalue weighted by Gasteiger charge is 2.17. The summed E-state index contributed by atoms with van der Waals surface area (Å²) in [7, 11) is 0. The van der Waals surface area contributed by atoms with Gasteiger partial charge in [-0.1, -0.05) is 48.2 Å². The minimum absolute atomic E-state index is 0.0759. The Hall–Kier alpha value is -3.98. The lowest BCUT2D eigenvalue weighted by Gasteiger charge is -2.12. The standard InChI is InChI=1S/C26H24FN5O2S/c1-17-11-12-18(2)22(13-17)29-24(33)16-35-26-31-30-23(32(26)21-9-4-3-5-10-21)15-28-25(34)19-7-6-8-20(27)14-19/h3-14H,15-16H2,1-2H3,(H,28,34)(H,29,33). The van der Waals surface area contributed by atoms with E-state index in [-0.39, 0.29) is 23.8 Å². The normalized spacial score (nSPS) is 10.7. The van der Waals surface area contributed by atoms with Gasteiger partial charge in [0.15, 0.2) is 11.0 Å². The number of aryl methyl sites for hydroxylation is 2. The van der Waals surface area contributed by atoms with E-state index in [9.17, 15) is 14.0 Å². The zero-order chi connectivity index (χ0) is 24.8. The van der Waals surface area contributed by atoms with Crippen molar-refractivity contribution in [3.05, 3.63) is 101 Å². The van der Waals surface area contributed by atoms with Gasteiger partial charge in [-0.05, 0) is 61.4 Å². The van der Waals surface area contributed by atoms with Crippen molar-refractivity contribution in [2.24, 2.45) is 0 Å². The number of aromatic nitrogens is 3. The van der Waals surface area contributed by atoms with Gasteiger partial charge in [0.05, 0.1) is 12.3 Å². The van der Waals surface area contributed by atoms with E-state index in [1.54, 1.807) is 4.57 Å². The summed E-state index contributed by atoms with van der Waals surface area (Å²) in [5.41, 5.74) is 3.84. The van der Waals surface area contributed by atoms with Crippen molar-refractivity contribution < 1.29 is 14.0 Å². The predicted octanol–water partition coefficient (Wildman–Crippen LogP) is 4.68. The molecule has 2 N–H and O–H groups in total. The SMILES string of the molecule is Cc1ccc(C)c(NC(=O)CSc2nnc(CNC(=O)c3cccc(F)c3)n2-c2ccccc2)c1. The zero-order valence-electron chi connectivity index (χ0n) is 19.3. The van der Waals surface area contributed by atoms with Gasteiger partial charge in [-0.15, -0.1) is 10.2 Å². The Morgan fingerprint density at radius 1 is 0.971 bits per heavy atom. The van der Waals surface area contributed by atoms with Gasteiger partial charge in [-0.2, -0.15) is 0 Å². The van der Waals surface area contributed by atoms with Gasteiger partial charge in [0.2, 0.25) is 5.91 Å². The van der Waals surface area contributed by atoms with Crippen LogP contribution in [0, 0.1) is 19.7 Å². The molecule has 0 bridgehead atoms. The fourth-order valence-corrected chi connectivity index (χ4v) is 4.19. The average Bonchev–Trinajstić information content (AvgIpc) is 3.27. The Morgan fingerprint density at radius 3 is 2.54 bits per heavy atom. The Labute approximate surface area is 206 Å². The maximum atomic E-state index is 13.5. The zero-order valence-corrected chi connectivity index (χ0v) is 20.1. The fraction of sp³-hybridized carbons (Fsp3) is 0.154. The number of amides is 2. The topological polar surface area (TPSA) is 88.9 Å². The minimum atomic E-state index is -0.483. The van der Waals surface area contributed by atoms with Gasteiger partial charge in [-0.3, -0.25) is 14.2 Å². The molecule has 0 aliphatic rings. The molecule has 0 saturated carbocycles. The number of anilines is 1. The average molecular weight is 490 g/mol. The first-order valence-corrected chi connectivity index (χ1v) is 11.9. The molecule has 35 heavy (non-hydrogen) atoms. The van der Waals surface area contributed by atoms with Gasteiger partial charge < -0.3 is 10.6 Å². The minimum Gasteiger partial charge on any atom is -0.345 e. The maximum absolute atomic E-state index is 13.5. The number of hydrogen-bond acceptors (Lipinski definition) is 5. The van der Waals surface area contributed by atoms with Crippen molar-refractivity contribution >= 4 is 29.3 Å². The summed E-state index contributed by atoms with van der Waals surface area (Å²) in [5.74, 6) is -0.448. The van der Waals surface area contributed by atoms with Crippen molar-refractivity contribution in [1.82, 2.24) is 20.1 Å². The second kappa shape index (κ2) is 11.0. The van der Waals surface area contributed by atoms with Crippen molar-refractivity contribution in [3.63, 3.8) is 0 Å². The monoisotopic (exact) mass is 489 g/mol. The highest BCUT2D eigenvalue weighted by molar-refractivity contribution is 7.99. The molecule has 9 heteroatoms. The number of carbonyl (C=O) groups excluding carboxylic acids is 2. The molecule has 7 nitrogen and oxygen atoms in total. The third-order valence-electron chi connectivity index (χ3n) is 5.21. The molecule has 0 spiro atoms. The van der Waals surface area contributed by atoms with Crippen LogP contribution in [-0.4, -0.2) is 32.3 Å². The number of para-hydroxylation sites is 1. The van der Waals surface area contributed by atoms with E-state index in [2.05, 4.69) is 20.8 Å². The molecule has 4 aromatic rings. The highest BCUT2D eigenvalue weighted by Crippen LogP contribution is 2.23. The summed E-state index contributed by atoms with van der Waals surface area (Å²) in [6, 6.07) is 20.8. The molecule has 0 fully saturated rings. The second-order valence-corrected chi connectivity index (χ2v) is 8.86. The molecule has 0 saturated heterocycles. The van der Waals surface area contributed by atoms with Gasteiger partial charge in [0.1, 0.15) is 5.82 Å². The Bertz CT molecular complexity index is 1360. The third-order valence-corrected chi connectivity index (χ3v) is 6.14. The maximum Gasteiger partial charge on any atom is 0.251 e. The lowest BCUT2D eigenvalue weighted by Crippen LogP contribution is -2.24. The van der Waals surface area contributed by atoms with Crippen molar-refractivity contribution in [2.45, 2.75) is 25.5 Å². The molecule has 3 aromatic carbocycles. The van der Waals surface area contributed by atoms with E-state index in [0.29, 0.717) is 11.0 Å². The van der Waals surface area contributed by atoms with Crippen LogP contribution in [0.3, 0.4) is 0 Å². The van der Waals surface area contributed by atoms with Crippen LogP contribution in [0.15, 0.2) is 78.0 Å². The number of nitrogens with zero attached hydrogens (tertiary/aromatic N) is 3. The lowest BCUT2D eigenvalue weighted by molar-refractivity contribution is -0.113. The number of thioether (sulfide) groups is 1. The Morgan fingerprint density at radius 2 is 1.77 bits per heavy atom. The lowest BCUT2D eigenvalue weighted by atomic mass is 10.1. The molecular formula is C26H24FN5O2S. The van der Waals surface area contributed by atoms with E-state index in [0.717, 1.165) is 22.5 Å². The number of hydrogen-bond donors (Lipinski definition) is 2. The van der Waals surface area contributed by atoms with E-state index < -0.39 is 11.7 Å². The van der Waals surface area contributed by atoms with Crippen LogP contribution in [-0.2, 0) is 11.3 Å². The molecule has 0 aliphatic carbocycles. The van der Waals surface area contributed by atoms with E-state index >= 15 is 0 Å². The van der Waals surface area contributed by atoms with Gasteiger partial charge in [-0.25, -0.2) is 4.39 Å². The van der Waals surface area contributed by atoms with Crippen molar-refractivity contribution in [1.29, 1.82) is 0 Å². The van der Waals surface area contributed by atoms with Gasteiger partial charge in [0.25, 0.3) is 5.91 Å². The first-order chi connectivity index (χ1) is 16.9. The first kappa shape index (κ1) is 24.2. The summed E-state index contributed by atoms with van der Waals surface area (Å²) >= 11 is 1.25. The van der Waals surface area contributed by atoms with Crippen molar-refractivity contribution in [3.8, 4) is 5.69 Å². The number of rotatable bonds is 8. The third kappa shape index (κ3) is 6.13. The number of halogens is 1. The Balaban J connectivity index is 1.49. The molecule has 0 aliphatic heterocycles. The van der Waals surface area contributed by atoms with Crippen LogP contribution < -0.4 is 10.6 Å². The van der Waals surface area contributed by atoms with Gasteiger partial charge in [0, 0.05) is 16.9 Å². The number of benzene rings is 3. The molecule has 1 heterocycles. The van der Waals surface area contributed by atoms with Crippen LogP contribution in [0.1, 0.15) is 27.3 Å². The summed E-state index contributed by atoms with van der Waals surface area (Å²) in [5, 5.41) is 14.7. The second-order valence-electron chi connectivity index (χ2n) is 7.92. The molecule has 0 radical (unpaired) electrons. The van der Waals surface area contributed by atoms with Crippen LogP contribution >= 0.6 is 11.8 Å². The fourth-order valence-electron chi connectivity index (χ4n) is 3.42. The van der Waals surface area contributed by atoms with Crippen molar-refractivity contribution in [2.75, 3.05) is 11.1 Å². The van der Waals surface area contributed by atoms with Crippen LogP contribution in [0.4, 0.5) is 10.1 Å². The molecule has 2 amide bonds. The summed E-state index contributed by atoms with van der Waals surface area (Å²) in [6.07, 6.45) is 0. The highest BCUT2D eigenvalue weighted by atomic mass is 32.2. The van der Waals surface area contributed by atoms with Crippen LogP contribution in [0.25, 0.3) is 5.69 Å². The molecule has 4 rings (SSSR count). The molecule has 0 atom stereocenters. The van der Waals surface area contributed by atoms with E-state index in [1.165, 1.54) is 36.0 Å². The van der Waals surface area contributed by atoms with Crippen LogP contribution in [0.5, 0.6) is 0 Å². The number of nitrogens with one attached hydrogen (secondary N) is 2.